The molecule has 1 heterocycles. The average Bonchev–Trinajstić information content (AvgIpc) is 2.68. The average molecular weight is 431 g/mol. The number of carbonyl (C=O) groups is 1. The Hall–Kier alpha value is -1.69. The van der Waals surface area contributed by atoms with Crippen LogP contribution in [0.15, 0.2) is 59.1 Å². The van der Waals surface area contributed by atoms with Gasteiger partial charge in [0.2, 0.25) is 5.91 Å². The molecule has 0 saturated carbocycles. The van der Waals surface area contributed by atoms with Crippen LogP contribution < -0.4 is 5.32 Å². The van der Waals surface area contributed by atoms with Crippen LogP contribution in [0, 0.1) is 0 Å². The lowest BCUT2D eigenvalue weighted by molar-refractivity contribution is -0.123. The molecule has 5 heteroatoms. The summed E-state index contributed by atoms with van der Waals surface area (Å²) in [4.78, 5) is 14.6. The Balaban J connectivity index is 1.37. The van der Waals surface area contributed by atoms with Gasteiger partial charge in [0.05, 0.1) is 25.3 Å². The molecule has 1 aliphatic heterocycles. The standard InChI is InChI=1S/C22H27BrN2O2/c1-17(19-7-9-20(23)10-8-19)24-22(26)15-25-13-11-21(12-14-25)27-16-18-5-3-2-4-6-18/h2-10,17,21H,11-16H2,1H3,(H,24,26). The zero-order valence-electron chi connectivity index (χ0n) is 15.7. The number of likely N-dealkylation sites (tertiary alicyclic amines) is 1. The molecule has 1 saturated heterocycles. The third-order valence-electron chi connectivity index (χ3n) is 4.98. The minimum Gasteiger partial charge on any atom is -0.373 e. The van der Waals surface area contributed by atoms with Crippen molar-refractivity contribution < 1.29 is 9.53 Å². The SMILES string of the molecule is CC(NC(=O)CN1CCC(OCc2ccccc2)CC1)c1ccc(Br)cc1. The normalized spacial score (nSPS) is 16.8. The van der Waals surface area contributed by atoms with Crippen LogP contribution in [0.4, 0.5) is 0 Å². The Labute approximate surface area is 170 Å². The summed E-state index contributed by atoms with van der Waals surface area (Å²) in [5.74, 6) is 0.0778. The predicted octanol–water partition coefficient (Wildman–Crippen LogP) is 4.31. The number of hydrogen-bond donors (Lipinski definition) is 1. The highest BCUT2D eigenvalue weighted by molar-refractivity contribution is 9.10. The van der Waals surface area contributed by atoms with Gasteiger partial charge in [-0.05, 0) is 43.0 Å². The van der Waals surface area contributed by atoms with E-state index in [1.54, 1.807) is 0 Å². The molecule has 1 N–H and O–H groups in total. The molecule has 1 aliphatic rings. The third kappa shape index (κ3) is 6.45. The van der Waals surface area contributed by atoms with Crippen molar-refractivity contribution in [3.05, 3.63) is 70.2 Å². The van der Waals surface area contributed by atoms with Crippen LogP contribution in [-0.2, 0) is 16.1 Å². The van der Waals surface area contributed by atoms with Crippen molar-refractivity contribution in [3.63, 3.8) is 0 Å². The first-order valence-electron chi connectivity index (χ1n) is 9.53. The number of amides is 1. The van der Waals surface area contributed by atoms with Crippen LogP contribution in [-0.4, -0.2) is 36.5 Å². The lowest BCUT2D eigenvalue weighted by Gasteiger charge is -2.31. The number of benzene rings is 2. The smallest absolute Gasteiger partial charge is 0.234 e. The number of piperidine rings is 1. The molecule has 1 unspecified atom stereocenters. The molecule has 4 nitrogen and oxygen atoms in total. The summed E-state index contributed by atoms with van der Waals surface area (Å²) in [7, 11) is 0. The highest BCUT2D eigenvalue weighted by atomic mass is 79.9. The van der Waals surface area contributed by atoms with Gasteiger partial charge in [-0.1, -0.05) is 58.4 Å². The Morgan fingerprint density at radius 2 is 1.81 bits per heavy atom. The number of nitrogens with one attached hydrogen (secondary N) is 1. The molecule has 0 radical (unpaired) electrons. The van der Waals surface area contributed by atoms with Gasteiger partial charge < -0.3 is 10.1 Å². The second-order valence-electron chi connectivity index (χ2n) is 7.11. The number of hydrogen-bond acceptors (Lipinski definition) is 3. The third-order valence-corrected chi connectivity index (χ3v) is 5.51. The molecule has 2 aromatic carbocycles. The van der Waals surface area contributed by atoms with Gasteiger partial charge in [-0.2, -0.15) is 0 Å². The van der Waals surface area contributed by atoms with E-state index in [4.69, 9.17) is 4.74 Å². The zero-order chi connectivity index (χ0) is 19.1. The lowest BCUT2D eigenvalue weighted by atomic mass is 10.1. The maximum Gasteiger partial charge on any atom is 0.234 e. The van der Waals surface area contributed by atoms with Crippen molar-refractivity contribution in [2.45, 2.75) is 38.5 Å². The van der Waals surface area contributed by atoms with E-state index in [0.29, 0.717) is 13.2 Å². The highest BCUT2D eigenvalue weighted by Crippen LogP contribution is 2.18. The first kappa shape index (κ1) is 20.1. The van der Waals surface area contributed by atoms with E-state index < -0.39 is 0 Å². The Morgan fingerprint density at radius 3 is 2.48 bits per heavy atom. The molecule has 3 rings (SSSR count). The van der Waals surface area contributed by atoms with E-state index in [2.05, 4.69) is 38.3 Å². The van der Waals surface area contributed by atoms with Crippen LogP contribution in [0.1, 0.15) is 36.9 Å². The molecule has 1 amide bonds. The van der Waals surface area contributed by atoms with Crippen molar-refractivity contribution in [2.75, 3.05) is 19.6 Å². The monoisotopic (exact) mass is 430 g/mol. The Bertz CT molecular complexity index is 713. The molecular formula is C22H27BrN2O2. The first-order chi connectivity index (χ1) is 13.1. The number of ether oxygens (including phenoxy) is 1. The fourth-order valence-corrected chi connectivity index (χ4v) is 3.61. The molecule has 0 aromatic heterocycles. The number of nitrogens with zero attached hydrogens (tertiary/aromatic N) is 1. The predicted molar refractivity (Wildman–Crippen MR) is 111 cm³/mol. The Kier molecular flexibility index (Phi) is 7.44. The van der Waals surface area contributed by atoms with Crippen LogP contribution in [0.3, 0.4) is 0 Å². The molecule has 27 heavy (non-hydrogen) atoms. The van der Waals surface area contributed by atoms with Crippen molar-refractivity contribution in [2.24, 2.45) is 0 Å². The summed E-state index contributed by atoms with van der Waals surface area (Å²) in [6.07, 6.45) is 2.23. The van der Waals surface area contributed by atoms with E-state index >= 15 is 0 Å². The maximum absolute atomic E-state index is 12.4. The Morgan fingerprint density at radius 1 is 1.15 bits per heavy atom. The quantitative estimate of drug-likeness (QED) is 0.711. The topological polar surface area (TPSA) is 41.6 Å². The molecule has 0 aliphatic carbocycles. The fraction of sp³-hybridized carbons (Fsp3) is 0.409. The van der Waals surface area contributed by atoms with Gasteiger partial charge in [0.25, 0.3) is 0 Å². The largest absolute Gasteiger partial charge is 0.373 e. The molecule has 144 valence electrons. The highest BCUT2D eigenvalue weighted by Gasteiger charge is 2.22. The minimum atomic E-state index is 0.0114. The van der Waals surface area contributed by atoms with E-state index in [-0.39, 0.29) is 18.1 Å². The number of halogens is 1. The summed E-state index contributed by atoms with van der Waals surface area (Å²) >= 11 is 3.44. The van der Waals surface area contributed by atoms with Crippen molar-refractivity contribution in [3.8, 4) is 0 Å². The van der Waals surface area contributed by atoms with Crippen molar-refractivity contribution >= 4 is 21.8 Å². The van der Waals surface area contributed by atoms with Gasteiger partial charge in [-0.25, -0.2) is 0 Å². The zero-order valence-corrected chi connectivity index (χ0v) is 17.3. The number of carbonyl (C=O) groups excluding carboxylic acids is 1. The minimum absolute atomic E-state index is 0.0114. The molecular weight excluding hydrogens is 404 g/mol. The molecule has 2 aromatic rings. The van der Waals surface area contributed by atoms with Crippen LogP contribution in [0.25, 0.3) is 0 Å². The molecule has 1 atom stereocenters. The molecule has 0 bridgehead atoms. The van der Waals surface area contributed by atoms with Gasteiger partial charge in [-0.3, -0.25) is 9.69 Å². The summed E-state index contributed by atoms with van der Waals surface area (Å²) in [6.45, 7) is 4.94. The van der Waals surface area contributed by atoms with E-state index in [1.807, 2.05) is 49.4 Å². The second-order valence-corrected chi connectivity index (χ2v) is 8.03. The fourth-order valence-electron chi connectivity index (χ4n) is 3.35. The lowest BCUT2D eigenvalue weighted by Crippen LogP contribution is -2.43. The molecule has 0 spiro atoms. The summed E-state index contributed by atoms with van der Waals surface area (Å²) in [6, 6.07) is 18.3. The molecule has 1 fully saturated rings. The van der Waals surface area contributed by atoms with Crippen LogP contribution >= 0.6 is 15.9 Å². The van der Waals surface area contributed by atoms with Gasteiger partial charge in [0, 0.05) is 17.6 Å². The maximum atomic E-state index is 12.4. The van der Waals surface area contributed by atoms with E-state index in [1.165, 1.54) is 5.56 Å². The summed E-state index contributed by atoms with van der Waals surface area (Å²) in [5, 5.41) is 3.09. The van der Waals surface area contributed by atoms with Gasteiger partial charge in [0.15, 0.2) is 0 Å². The first-order valence-corrected chi connectivity index (χ1v) is 10.3. The summed E-state index contributed by atoms with van der Waals surface area (Å²) < 4.78 is 7.07. The van der Waals surface area contributed by atoms with Crippen LogP contribution in [0.5, 0.6) is 0 Å². The van der Waals surface area contributed by atoms with E-state index in [9.17, 15) is 4.79 Å². The van der Waals surface area contributed by atoms with Crippen molar-refractivity contribution in [1.82, 2.24) is 10.2 Å². The van der Waals surface area contributed by atoms with Gasteiger partial charge >= 0.3 is 0 Å². The summed E-state index contributed by atoms with van der Waals surface area (Å²) in [5.41, 5.74) is 2.32. The van der Waals surface area contributed by atoms with Gasteiger partial charge in [0.1, 0.15) is 0 Å². The number of rotatable bonds is 7. The van der Waals surface area contributed by atoms with Crippen LogP contribution in [0.2, 0.25) is 0 Å². The second kappa shape index (κ2) is 10.0. The van der Waals surface area contributed by atoms with E-state index in [0.717, 1.165) is 36.0 Å². The van der Waals surface area contributed by atoms with Crippen molar-refractivity contribution in [1.29, 1.82) is 0 Å². The van der Waals surface area contributed by atoms with Gasteiger partial charge in [-0.15, -0.1) is 0 Å².